The Morgan fingerprint density at radius 3 is 2.92 bits per heavy atom. The molecule has 0 radical (unpaired) electrons. The summed E-state index contributed by atoms with van der Waals surface area (Å²) in [6, 6.07) is 2.70. The second-order valence-corrected chi connectivity index (χ2v) is 6.19. The molecule has 0 saturated heterocycles. The van der Waals surface area contributed by atoms with Crippen molar-refractivity contribution in [1.29, 1.82) is 0 Å². The minimum absolute atomic E-state index is 0.301. The predicted octanol–water partition coefficient (Wildman–Crippen LogP) is 1.34. The molecule has 0 unspecified atom stereocenters. The molecule has 4 heterocycles. The molecule has 0 spiro atoms. The fourth-order valence-corrected chi connectivity index (χ4v) is 3.13. The predicted molar refractivity (Wildman–Crippen MR) is 89.6 cm³/mol. The topological polar surface area (TPSA) is 98.4 Å². The zero-order chi connectivity index (χ0) is 16.1. The van der Waals surface area contributed by atoms with E-state index in [1.807, 2.05) is 46.0 Å². The van der Waals surface area contributed by atoms with Crippen molar-refractivity contribution >= 4 is 17.2 Å². The van der Waals surface area contributed by atoms with Crippen molar-refractivity contribution in [2.75, 3.05) is 5.32 Å². The van der Waals surface area contributed by atoms with Crippen LogP contribution in [0.5, 0.6) is 0 Å². The molecular weight excluding hydrogens is 304 g/mol. The maximum atomic E-state index is 5.81. The summed E-state index contributed by atoms with van der Waals surface area (Å²) in [5.41, 5.74) is 8.79. The summed E-state index contributed by atoms with van der Waals surface area (Å²) in [6.07, 6.45) is 13.1. The van der Waals surface area contributed by atoms with E-state index in [1.165, 1.54) is 0 Å². The Morgan fingerprint density at radius 2 is 2.04 bits per heavy atom. The van der Waals surface area contributed by atoms with Crippen LogP contribution in [0.25, 0.3) is 22.4 Å². The van der Waals surface area contributed by atoms with E-state index < -0.39 is 0 Å². The van der Waals surface area contributed by atoms with Gasteiger partial charge in [0.1, 0.15) is 0 Å². The number of fused-ring (bicyclic) bond motifs is 2. The van der Waals surface area contributed by atoms with E-state index in [-0.39, 0.29) is 0 Å². The van der Waals surface area contributed by atoms with Gasteiger partial charge in [-0.2, -0.15) is 0 Å². The van der Waals surface area contributed by atoms with Crippen molar-refractivity contribution in [3.63, 3.8) is 0 Å². The second-order valence-electron chi connectivity index (χ2n) is 6.19. The second kappa shape index (κ2) is 5.00. The van der Waals surface area contributed by atoms with Gasteiger partial charge in [0.25, 0.3) is 0 Å². The molecule has 4 aromatic rings. The van der Waals surface area contributed by atoms with E-state index in [0.29, 0.717) is 23.8 Å². The van der Waals surface area contributed by atoms with Crippen LogP contribution >= 0.6 is 0 Å². The molecule has 8 nitrogen and oxygen atoms in total. The molecule has 4 aromatic heterocycles. The average Bonchev–Trinajstić information content (AvgIpc) is 3.18. The summed E-state index contributed by atoms with van der Waals surface area (Å²) < 4.78 is 3.73. The molecule has 0 atom stereocenters. The van der Waals surface area contributed by atoms with Gasteiger partial charge in [0.15, 0.2) is 0 Å². The van der Waals surface area contributed by atoms with E-state index in [2.05, 4.69) is 25.4 Å². The summed E-state index contributed by atoms with van der Waals surface area (Å²) in [4.78, 5) is 13.0. The third-order valence-electron chi connectivity index (χ3n) is 4.48. The summed E-state index contributed by atoms with van der Waals surface area (Å²) in [6.45, 7) is 0. The van der Waals surface area contributed by atoms with Crippen LogP contribution in [0.4, 0.5) is 5.95 Å². The lowest BCUT2D eigenvalue weighted by Crippen LogP contribution is -2.44. The zero-order valence-corrected chi connectivity index (χ0v) is 12.9. The number of nitrogens with zero attached hydrogens (tertiary/aromatic N) is 6. The Balaban J connectivity index is 1.50. The van der Waals surface area contributed by atoms with Crippen LogP contribution in [0.1, 0.15) is 12.8 Å². The lowest BCUT2D eigenvalue weighted by atomic mass is 9.88. The van der Waals surface area contributed by atoms with Gasteiger partial charge in [0, 0.05) is 54.2 Å². The molecule has 1 saturated carbocycles. The number of nitrogens with two attached hydrogens (primary N) is 1. The lowest BCUT2D eigenvalue weighted by Gasteiger charge is -2.32. The van der Waals surface area contributed by atoms with Gasteiger partial charge in [0.05, 0.1) is 11.7 Å². The highest BCUT2D eigenvalue weighted by molar-refractivity contribution is 5.79. The number of rotatable bonds is 3. The van der Waals surface area contributed by atoms with Crippen LogP contribution < -0.4 is 11.1 Å². The highest BCUT2D eigenvalue weighted by Crippen LogP contribution is 2.25. The van der Waals surface area contributed by atoms with Crippen molar-refractivity contribution in [3.05, 3.63) is 43.2 Å². The molecule has 0 aromatic carbocycles. The van der Waals surface area contributed by atoms with Gasteiger partial charge in [-0.1, -0.05) is 0 Å². The first-order valence-electron chi connectivity index (χ1n) is 7.92. The third kappa shape index (κ3) is 2.11. The molecule has 0 amide bonds. The van der Waals surface area contributed by atoms with Crippen molar-refractivity contribution in [1.82, 2.24) is 29.0 Å². The van der Waals surface area contributed by atoms with E-state index in [9.17, 15) is 0 Å². The molecule has 1 aliphatic carbocycles. The Labute approximate surface area is 137 Å². The quantitative estimate of drug-likeness (QED) is 0.591. The Hall–Kier alpha value is -3.00. The van der Waals surface area contributed by atoms with E-state index >= 15 is 0 Å². The summed E-state index contributed by atoms with van der Waals surface area (Å²) in [5, 5.41) is 7.86. The first kappa shape index (κ1) is 13.4. The van der Waals surface area contributed by atoms with Crippen LogP contribution in [-0.4, -0.2) is 41.1 Å². The van der Waals surface area contributed by atoms with Gasteiger partial charge in [-0.25, -0.2) is 19.5 Å². The van der Waals surface area contributed by atoms with E-state index in [1.54, 1.807) is 6.20 Å². The number of aromatic nitrogens is 6. The van der Waals surface area contributed by atoms with Crippen LogP contribution in [-0.2, 0) is 0 Å². The highest BCUT2D eigenvalue weighted by Gasteiger charge is 2.26. The number of hydrogen-bond acceptors (Lipinski definition) is 6. The summed E-state index contributed by atoms with van der Waals surface area (Å²) >= 11 is 0. The molecule has 1 aliphatic rings. The minimum Gasteiger partial charge on any atom is -0.350 e. The van der Waals surface area contributed by atoms with Crippen LogP contribution in [0, 0.1) is 0 Å². The van der Waals surface area contributed by atoms with Gasteiger partial charge in [-0.15, -0.1) is 5.10 Å². The lowest BCUT2D eigenvalue weighted by molar-refractivity contribution is 0.371. The third-order valence-corrected chi connectivity index (χ3v) is 4.48. The van der Waals surface area contributed by atoms with Gasteiger partial charge < -0.3 is 11.1 Å². The first-order valence-corrected chi connectivity index (χ1v) is 7.92. The van der Waals surface area contributed by atoms with Crippen molar-refractivity contribution < 1.29 is 0 Å². The molecule has 120 valence electrons. The molecule has 24 heavy (non-hydrogen) atoms. The molecule has 1 fully saturated rings. The smallest absolute Gasteiger partial charge is 0.241 e. The fourth-order valence-electron chi connectivity index (χ4n) is 3.13. The highest BCUT2D eigenvalue weighted by atomic mass is 15.3. The van der Waals surface area contributed by atoms with E-state index in [4.69, 9.17) is 5.73 Å². The Bertz CT molecular complexity index is 1030. The monoisotopic (exact) mass is 320 g/mol. The molecule has 0 bridgehead atoms. The number of hydrogen-bond donors (Lipinski definition) is 2. The van der Waals surface area contributed by atoms with Crippen molar-refractivity contribution in [2.45, 2.75) is 24.9 Å². The van der Waals surface area contributed by atoms with Crippen LogP contribution in [0.2, 0.25) is 0 Å². The van der Waals surface area contributed by atoms with Gasteiger partial charge in [0.2, 0.25) is 11.7 Å². The molecular formula is C16H16N8. The largest absolute Gasteiger partial charge is 0.350 e. The van der Waals surface area contributed by atoms with Gasteiger partial charge in [-0.3, -0.25) is 4.40 Å². The minimum atomic E-state index is 0.301. The standard InChI is InChI=1S/C16H16N8/c17-11-5-12(6-11)21-15-19-8-14-13(1-3-24(14)22-15)10-7-20-16-18-2-4-23(16)9-10/h1-4,7-9,11-12H,5-6,17H2,(H,21,22)/t11-,12+. The number of anilines is 1. The number of imidazole rings is 1. The molecule has 0 aliphatic heterocycles. The average molecular weight is 320 g/mol. The van der Waals surface area contributed by atoms with Crippen LogP contribution in [0.15, 0.2) is 43.2 Å². The first-order chi connectivity index (χ1) is 11.8. The normalized spacial score (nSPS) is 20.4. The maximum absolute atomic E-state index is 5.81. The summed E-state index contributed by atoms with van der Waals surface area (Å²) in [5.74, 6) is 1.31. The van der Waals surface area contributed by atoms with Crippen molar-refractivity contribution in [2.24, 2.45) is 5.73 Å². The fraction of sp³-hybridized carbons (Fsp3) is 0.250. The van der Waals surface area contributed by atoms with Gasteiger partial charge >= 0.3 is 0 Å². The van der Waals surface area contributed by atoms with Crippen molar-refractivity contribution in [3.8, 4) is 11.1 Å². The molecule has 5 rings (SSSR count). The zero-order valence-electron chi connectivity index (χ0n) is 12.9. The maximum Gasteiger partial charge on any atom is 0.241 e. The Kier molecular flexibility index (Phi) is 2.80. The number of nitrogens with one attached hydrogen (secondary N) is 1. The van der Waals surface area contributed by atoms with E-state index in [0.717, 1.165) is 29.5 Å². The SMILES string of the molecule is N[C@H]1C[C@@H](Nc2ncc3c(-c4cnc5nccn5c4)ccn3n2)C1. The molecule has 3 N–H and O–H groups in total. The summed E-state index contributed by atoms with van der Waals surface area (Å²) in [7, 11) is 0. The molecule has 8 heteroatoms. The van der Waals surface area contributed by atoms with Crippen LogP contribution in [0.3, 0.4) is 0 Å². The van der Waals surface area contributed by atoms with Gasteiger partial charge in [-0.05, 0) is 18.9 Å². The Morgan fingerprint density at radius 1 is 1.12 bits per heavy atom.